The molecule has 30 heavy (non-hydrogen) atoms. The molecule has 2 aliphatic heterocycles. The molecular weight excluding hydrogens is 379 g/mol. The Morgan fingerprint density at radius 2 is 2.03 bits per heavy atom. The molecule has 1 amide bonds. The van der Waals surface area contributed by atoms with Crippen molar-refractivity contribution in [1.82, 2.24) is 4.90 Å². The van der Waals surface area contributed by atoms with Crippen LogP contribution in [0.3, 0.4) is 0 Å². The van der Waals surface area contributed by atoms with Gasteiger partial charge in [-0.1, -0.05) is 13.8 Å². The number of likely N-dealkylation sites (N-methyl/N-ethyl adjacent to an activating group) is 1. The van der Waals surface area contributed by atoms with Crippen LogP contribution in [0.25, 0.3) is 5.57 Å². The molecule has 1 saturated heterocycles. The van der Waals surface area contributed by atoms with E-state index in [1.807, 2.05) is 6.07 Å². The predicted molar refractivity (Wildman–Crippen MR) is 121 cm³/mol. The molecule has 0 radical (unpaired) electrons. The molecule has 0 bridgehead atoms. The van der Waals surface area contributed by atoms with Crippen LogP contribution in [-0.4, -0.2) is 43.0 Å². The van der Waals surface area contributed by atoms with E-state index in [2.05, 4.69) is 53.3 Å². The summed E-state index contributed by atoms with van der Waals surface area (Å²) < 4.78 is 13.6. The normalized spacial score (nSPS) is 19.5. The lowest BCUT2D eigenvalue weighted by molar-refractivity contribution is -0.110. The molecule has 0 aliphatic carbocycles. The minimum absolute atomic E-state index is 0.226. The van der Waals surface area contributed by atoms with Gasteiger partial charge in [-0.3, -0.25) is 9.69 Å². The quantitative estimate of drug-likeness (QED) is 0.693. The third kappa shape index (κ3) is 3.92. The van der Waals surface area contributed by atoms with Gasteiger partial charge in [-0.2, -0.15) is 0 Å². The summed E-state index contributed by atoms with van der Waals surface area (Å²) in [6, 6.07) is 11.2. The van der Waals surface area contributed by atoms with Crippen LogP contribution in [0.1, 0.15) is 31.4 Å². The summed E-state index contributed by atoms with van der Waals surface area (Å²) in [7, 11) is 0. The Labute approximate surface area is 177 Å². The highest BCUT2D eigenvalue weighted by Crippen LogP contribution is 2.33. The molecule has 4 rings (SSSR count). The van der Waals surface area contributed by atoms with E-state index in [1.165, 1.54) is 29.8 Å². The van der Waals surface area contributed by atoms with Gasteiger partial charge in [-0.05, 0) is 68.4 Å². The Balaban J connectivity index is 1.48. The Morgan fingerprint density at radius 1 is 1.23 bits per heavy atom. The number of rotatable bonds is 6. The number of hydrogen-bond donors (Lipinski definition) is 2. The van der Waals surface area contributed by atoms with Gasteiger partial charge in [0.1, 0.15) is 5.82 Å². The van der Waals surface area contributed by atoms with E-state index < -0.39 is 0 Å². The van der Waals surface area contributed by atoms with E-state index in [4.69, 9.17) is 0 Å². The maximum absolute atomic E-state index is 13.6. The predicted octanol–water partition coefficient (Wildman–Crippen LogP) is 4.46. The number of carbonyl (C=O) groups is 1. The number of carbonyl (C=O) groups excluding carboxylic acids is 1. The summed E-state index contributed by atoms with van der Waals surface area (Å²) in [6.45, 7) is 10.9. The van der Waals surface area contributed by atoms with Gasteiger partial charge in [0, 0.05) is 48.0 Å². The first-order valence-corrected chi connectivity index (χ1v) is 10.7. The number of hydrogen-bond acceptors (Lipinski definition) is 4. The van der Waals surface area contributed by atoms with Gasteiger partial charge in [-0.25, -0.2) is 4.39 Å². The number of fused-ring (bicyclic) bond motifs is 1. The average molecular weight is 409 g/mol. The number of aryl methyl sites for hydroxylation is 1. The van der Waals surface area contributed by atoms with Crippen molar-refractivity contribution in [3.8, 4) is 0 Å². The topological polar surface area (TPSA) is 47.6 Å². The van der Waals surface area contributed by atoms with Crippen LogP contribution >= 0.6 is 0 Å². The van der Waals surface area contributed by atoms with E-state index in [9.17, 15) is 9.18 Å². The zero-order valence-electron chi connectivity index (χ0n) is 17.8. The fraction of sp³-hybridized carbons (Fsp3) is 0.375. The second-order valence-electron chi connectivity index (χ2n) is 7.96. The molecule has 2 aliphatic rings. The number of anilines is 3. The third-order valence-electron chi connectivity index (χ3n) is 6.18. The van der Waals surface area contributed by atoms with E-state index in [0.717, 1.165) is 31.9 Å². The Kier molecular flexibility index (Phi) is 5.77. The van der Waals surface area contributed by atoms with E-state index in [-0.39, 0.29) is 11.7 Å². The van der Waals surface area contributed by atoms with Crippen LogP contribution in [0.15, 0.2) is 42.6 Å². The molecule has 2 aromatic rings. The highest BCUT2D eigenvalue weighted by atomic mass is 19.1. The summed E-state index contributed by atoms with van der Waals surface area (Å²) in [5.74, 6) is -0.582. The first-order chi connectivity index (χ1) is 14.5. The van der Waals surface area contributed by atoms with Crippen LogP contribution in [-0.2, 0) is 4.79 Å². The van der Waals surface area contributed by atoms with Gasteiger partial charge in [0.05, 0.1) is 5.57 Å². The maximum Gasteiger partial charge on any atom is 0.257 e. The molecule has 1 fully saturated rings. The molecule has 2 aromatic carbocycles. The third-order valence-corrected chi connectivity index (χ3v) is 6.18. The molecule has 5 nitrogen and oxygen atoms in total. The lowest BCUT2D eigenvalue weighted by atomic mass is 10.1. The van der Waals surface area contributed by atoms with Gasteiger partial charge < -0.3 is 15.5 Å². The zero-order chi connectivity index (χ0) is 21.3. The Morgan fingerprint density at radius 3 is 2.77 bits per heavy atom. The van der Waals surface area contributed by atoms with Crippen molar-refractivity contribution in [2.45, 2.75) is 33.2 Å². The summed E-state index contributed by atoms with van der Waals surface area (Å²) in [6.07, 6.45) is 2.85. The first kappa shape index (κ1) is 20.4. The first-order valence-electron chi connectivity index (χ1n) is 10.7. The van der Waals surface area contributed by atoms with Crippen LogP contribution in [0.2, 0.25) is 0 Å². The van der Waals surface area contributed by atoms with E-state index in [1.54, 1.807) is 12.3 Å². The molecule has 1 atom stereocenters. The second kappa shape index (κ2) is 8.48. The van der Waals surface area contributed by atoms with E-state index >= 15 is 0 Å². The van der Waals surface area contributed by atoms with Crippen molar-refractivity contribution < 1.29 is 9.18 Å². The Bertz CT molecular complexity index is 983. The summed E-state index contributed by atoms with van der Waals surface area (Å²) >= 11 is 0. The lowest BCUT2D eigenvalue weighted by Gasteiger charge is -2.27. The largest absolute Gasteiger partial charge is 0.370 e. The highest BCUT2D eigenvalue weighted by molar-refractivity contribution is 6.31. The SMILES string of the molecule is CCN(CC)C1CCN(c2ccc(N/C=C3\C(=O)Nc4ccc(F)cc43)cc2C)C1. The van der Waals surface area contributed by atoms with Gasteiger partial charge >= 0.3 is 0 Å². The van der Waals surface area contributed by atoms with Crippen molar-refractivity contribution in [2.24, 2.45) is 0 Å². The molecule has 1 unspecified atom stereocenters. The standard InChI is InChI=1S/C24H29FN4O/c1-4-28(5-2)19-10-11-29(15-19)23-9-7-18(12-16(23)3)26-14-21-20-13-17(25)6-8-22(20)27-24(21)30/h6-9,12-14,19,26H,4-5,10-11,15H2,1-3H3,(H,27,30)/b21-14-. The second-order valence-corrected chi connectivity index (χ2v) is 7.96. The van der Waals surface area contributed by atoms with Crippen molar-refractivity contribution >= 4 is 28.5 Å². The van der Waals surface area contributed by atoms with Gasteiger partial charge in [-0.15, -0.1) is 0 Å². The van der Waals surface area contributed by atoms with E-state index in [0.29, 0.717) is 22.9 Å². The minimum atomic E-state index is -0.357. The summed E-state index contributed by atoms with van der Waals surface area (Å²) in [4.78, 5) is 17.2. The minimum Gasteiger partial charge on any atom is -0.370 e. The molecule has 2 heterocycles. The lowest BCUT2D eigenvalue weighted by Crippen LogP contribution is -2.37. The van der Waals surface area contributed by atoms with Crippen molar-refractivity contribution in [3.63, 3.8) is 0 Å². The zero-order valence-corrected chi connectivity index (χ0v) is 17.8. The highest BCUT2D eigenvalue weighted by Gasteiger charge is 2.27. The molecule has 0 aromatic heterocycles. The van der Waals surface area contributed by atoms with Crippen LogP contribution in [0, 0.1) is 12.7 Å². The number of nitrogens with one attached hydrogen (secondary N) is 2. The van der Waals surface area contributed by atoms with Crippen LogP contribution < -0.4 is 15.5 Å². The molecule has 6 heteroatoms. The van der Waals surface area contributed by atoms with Crippen LogP contribution in [0.5, 0.6) is 0 Å². The van der Waals surface area contributed by atoms with Gasteiger partial charge in [0.2, 0.25) is 0 Å². The molecule has 0 spiro atoms. The number of amides is 1. The summed E-state index contributed by atoms with van der Waals surface area (Å²) in [5.41, 5.74) is 5.02. The Hall–Kier alpha value is -2.86. The number of halogens is 1. The smallest absolute Gasteiger partial charge is 0.257 e. The molecule has 0 saturated carbocycles. The van der Waals surface area contributed by atoms with Gasteiger partial charge in [0.25, 0.3) is 5.91 Å². The van der Waals surface area contributed by atoms with Gasteiger partial charge in [0.15, 0.2) is 0 Å². The van der Waals surface area contributed by atoms with Crippen LogP contribution in [0.4, 0.5) is 21.5 Å². The summed E-state index contributed by atoms with van der Waals surface area (Å²) in [5, 5.41) is 5.98. The average Bonchev–Trinajstić information content (AvgIpc) is 3.32. The van der Waals surface area contributed by atoms with Crippen molar-refractivity contribution in [3.05, 3.63) is 59.5 Å². The number of nitrogens with zero attached hydrogens (tertiary/aromatic N) is 2. The fourth-order valence-corrected chi connectivity index (χ4v) is 4.56. The fourth-order valence-electron chi connectivity index (χ4n) is 4.56. The van der Waals surface area contributed by atoms with Crippen molar-refractivity contribution in [2.75, 3.05) is 41.7 Å². The monoisotopic (exact) mass is 408 g/mol. The molecular formula is C24H29FN4O. The van der Waals surface area contributed by atoms with Crippen molar-refractivity contribution in [1.29, 1.82) is 0 Å². The molecule has 158 valence electrons. The molecule has 2 N–H and O–H groups in total. The maximum atomic E-state index is 13.6. The number of benzene rings is 2.